The fourth-order valence-electron chi connectivity index (χ4n) is 2.30. The number of sulfonamides is 1. The van der Waals surface area contributed by atoms with Gasteiger partial charge in [0, 0.05) is 29.5 Å². The Bertz CT molecular complexity index is 964. The Morgan fingerprint density at radius 3 is 2.41 bits per heavy atom. The van der Waals surface area contributed by atoms with Crippen LogP contribution in [-0.4, -0.2) is 44.8 Å². The Hall–Kier alpha value is -2.23. The number of nitrogens with zero attached hydrogens (tertiary/aromatic N) is 1. The molecule has 0 saturated heterocycles. The summed E-state index contributed by atoms with van der Waals surface area (Å²) in [4.78, 5) is 26.4. The molecule has 1 atom stereocenters. The molecule has 0 bridgehead atoms. The molecule has 0 unspecified atom stereocenters. The molecule has 1 N–H and O–H groups in total. The van der Waals surface area contributed by atoms with Crippen molar-refractivity contribution in [2.45, 2.75) is 31.8 Å². The number of amides is 1. The standard InChI is InChI=1S/C18H22N2O5S2/c1-11-9-16(13(3)26-11)18(22)25-12(2)17(21)19-14-7-6-8-15(10-14)27(23,24)20(4)5/h6-10,12H,1-5H3,(H,19,21)/t12-/m1/s1. The van der Waals surface area contributed by atoms with Gasteiger partial charge in [0.2, 0.25) is 10.0 Å². The molecule has 2 aromatic rings. The van der Waals surface area contributed by atoms with Crippen LogP contribution in [0.2, 0.25) is 0 Å². The smallest absolute Gasteiger partial charge is 0.340 e. The lowest BCUT2D eigenvalue weighted by atomic mass is 10.2. The Balaban J connectivity index is 2.08. The van der Waals surface area contributed by atoms with E-state index in [0.717, 1.165) is 14.1 Å². The van der Waals surface area contributed by atoms with Crippen LogP contribution < -0.4 is 5.32 Å². The highest BCUT2D eigenvalue weighted by atomic mass is 32.2. The van der Waals surface area contributed by atoms with Crippen LogP contribution in [0.15, 0.2) is 35.2 Å². The van der Waals surface area contributed by atoms with E-state index in [2.05, 4.69) is 5.32 Å². The average Bonchev–Trinajstić information content (AvgIpc) is 2.93. The molecule has 0 aliphatic heterocycles. The van der Waals surface area contributed by atoms with Gasteiger partial charge >= 0.3 is 5.97 Å². The van der Waals surface area contributed by atoms with Crippen molar-refractivity contribution in [2.75, 3.05) is 19.4 Å². The molecule has 1 heterocycles. The fourth-order valence-corrected chi connectivity index (χ4v) is 4.16. The van der Waals surface area contributed by atoms with Crippen LogP contribution in [-0.2, 0) is 19.6 Å². The Morgan fingerprint density at radius 1 is 1.19 bits per heavy atom. The molecule has 1 aromatic heterocycles. The normalized spacial score (nSPS) is 12.7. The van der Waals surface area contributed by atoms with Crippen LogP contribution in [0.5, 0.6) is 0 Å². The molecule has 1 aromatic carbocycles. The molecule has 2 rings (SSSR count). The first kappa shape index (κ1) is 21.1. The van der Waals surface area contributed by atoms with Crippen LogP contribution in [0.3, 0.4) is 0 Å². The molecular weight excluding hydrogens is 388 g/mol. The Morgan fingerprint density at radius 2 is 1.85 bits per heavy atom. The van der Waals surface area contributed by atoms with E-state index >= 15 is 0 Å². The third kappa shape index (κ3) is 4.94. The summed E-state index contributed by atoms with van der Waals surface area (Å²) >= 11 is 1.48. The highest BCUT2D eigenvalue weighted by Crippen LogP contribution is 2.22. The molecule has 27 heavy (non-hydrogen) atoms. The lowest BCUT2D eigenvalue weighted by Gasteiger charge is -2.15. The van der Waals surface area contributed by atoms with Crippen molar-refractivity contribution in [3.63, 3.8) is 0 Å². The third-order valence-corrected chi connectivity index (χ3v) is 6.57. The topological polar surface area (TPSA) is 92.8 Å². The largest absolute Gasteiger partial charge is 0.449 e. The zero-order valence-electron chi connectivity index (χ0n) is 15.8. The maximum Gasteiger partial charge on any atom is 0.340 e. The van der Waals surface area contributed by atoms with Gasteiger partial charge in [-0.2, -0.15) is 0 Å². The quantitative estimate of drug-likeness (QED) is 0.739. The van der Waals surface area contributed by atoms with Crippen molar-refractivity contribution in [3.05, 3.63) is 45.6 Å². The first-order valence-electron chi connectivity index (χ1n) is 8.14. The number of aryl methyl sites for hydroxylation is 2. The van der Waals surface area contributed by atoms with Gasteiger partial charge in [-0.05, 0) is 45.0 Å². The summed E-state index contributed by atoms with van der Waals surface area (Å²) in [5, 5.41) is 2.57. The Labute approximate surface area is 163 Å². The average molecular weight is 411 g/mol. The van der Waals surface area contributed by atoms with Crippen molar-refractivity contribution >= 4 is 38.9 Å². The molecule has 146 valence electrons. The lowest BCUT2D eigenvalue weighted by molar-refractivity contribution is -0.123. The minimum Gasteiger partial charge on any atom is -0.449 e. The second kappa shape index (κ2) is 8.20. The number of carbonyl (C=O) groups is 2. The van der Waals surface area contributed by atoms with Gasteiger partial charge in [-0.15, -0.1) is 11.3 Å². The zero-order valence-corrected chi connectivity index (χ0v) is 17.4. The minimum absolute atomic E-state index is 0.0549. The van der Waals surface area contributed by atoms with Gasteiger partial charge in [0.25, 0.3) is 5.91 Å². The number of hydrogen-bond acceptors (Lipinski definition) is 6. The highest BCUT2D eigenvalue weighted by molar-refractivity contribution is 7.89. The maximum atomic E-state index is 12.3. The van der Waals surface area contributed by atoms with Gasteiger partial charge in [0.05, 0.1) is 10.5 Å². The second-order valence-corrected chi connectivity index (χ2v) is 9.79. The lowest BCUT2D eigenvalue weighted by Crippen LogP contribution is -2.30. The van der Waals surface area contributed by atoms with E-state index in [1.54, 1.807) is 12.1 Å². The predicted octanol–water partition coefficient (Wildman–Crippen LogP) is 2.80. The van der Waals surface area contributed by atoms with Gasteiger partial charge in [0.1, 0.15) is 0 Å². The number of rotatable bonds is 6. The number of ether oxygens (including phenoxy) is 1. The molecule has 0 spiro atoms. The summed E-state index contributed by atoms with van der Waals surface area (Å²) in [7, 11) is -0.761. The zero-order chi connectivity index (χ0) is 20.4. The molecule has 0 aliphatic rings. The Kier molecular flexibility index (Phi) is 6.40. The van der Waals surface area contributed by atoms with Crippen LogP contribution >= 0.6 is 11.3 Å². The summed E-state index contributed by atoms with van der Waals surface area (Å²) < 4.78 is 30.7. The van der Waals surface area contributed by atoms with Gasteiger partial charge in [-0.1, -0.05) is 6.07 Å². The summed E-state index contributed by atoms with van der Waals surface area (Å²) in [5.74, 6) is -1.12. The van der Waals surface area contributed by atoms with Crippen molar-refractivity contribution in [2.24, 2.45) is 0 Å². The summed E-state index contributed by atoms with van der Waals surface area (Å²) in [6.07, 6.45) is -1.04. The van der Waals surface area contributed by atoms with Crippen LogP contribution in [0.1, 0.15) is 27.0 Å². The summed E-state index contributed by atoms with van der Waals surface area (Å²) in [6, 6.07) is 7.61. The van der Waals surface area contributed by atoms with Gasteiger partial charge < -0.3 is 10.1 Å². The van der Waals surface area contributed by atoms with Gasteiger partial charge in [-0.25, -0.2) is 17.5 Å². The van der Waals surface area contributed by atoms with E-state index in [0.29, 0.717) is 11.3 Å². The number of nitrogens with one attached hydrogen (secondary N) is 1. The number of carbonyl (C=O) groups excluding carboxylic acids is 2. The van der Waals surface area contributed by atoms with Crippen molar-refractivity contribution in [1.82, 2.24) is 4.31 Å². The van der Waals surface area contributed by atoms with E-state index in [9.17, 15) is 18.0 Å². The number of esters is 1. The van der Waals surface area contributed by atoms with Crippen molar-refractivity contribution in [1.29, 1.82) is 0 Å². The monoisotopic (exact) mass is 410 g/mol. The number of hydrogen-bond donors (Lipinski definition) is 1. The highest BCUT2D eigenvalue weighted by Gasteiger charge is 2.22. The van der Waals surface area contributed by atoms with Crippen LogP contribution in [0, 0.1) is 13.8 Å². The van der Waals surface area contributed by atoms with E-state index in [1.165, 1.54) is 50.6 Å². The molecule has 0 saturated carbocycles. The van der Waals surface area contributed by atoms with Crippen molar-refractivity contribution in [3.8, 4) is 0 Å². The van der Waals surface area contributed by atoms with Crippen LogP contribution in [0.25, 0.3) is 0 Å². The van der Waals surface area contributed by atoms with Gasteiger partial charge in [-0.3, -0.25) is 4.79 Å². The molecule has 9 heteroatoms. The molecule has 0 radical (unpaired) electrons. The molecule has 1 amide bonds. The molecule has 0 fully saturated rings. The van der Waals surface area contributed by atoms with Crippen molar-refractivity contribution < 1.29 is 22.7 Å². The predicted molar refractivity (Wildman–Crippen MR) is 105 cm³/mol. The van der Waals surface area contributed by atoms with Gasteiger partial charge in [0.15, 0.2) is 6.10 Å². The first-order chi connectivity index (χ1) is 12.5. The number of thiophene rings is 1. The van der Waals surface area contributed by atoms with E-state index in [4.69, 9.17) is 4.74 Å². The minimum atomic E-state index is -3.62. The summed E-state index contributed by atoms with van der Waals surface area (Å²) in [5.41, 5.74) is 0.740. The van der Waals surface area contributed by atoms with E-state index in [-0.39, 0.29) is 4.90 Å². The SMILES string of the molecule is Cc1cc(C(=O)O[C@H](C)C(=O)Nc2cccc(S(=O)(=O)N(C)C)c2)c(C)s1. The van der Waals surface area contributed by atoms with Crippen LogP contribution in [0.4, 0.5) is 5.69 Å². The maximum absolute atomic E-state index is 12.3. The second-order valence-electron chi connectivity index (χ2n) is 6.18. The third-order valence-electron chi connectivity index (χ3n) is 3.79. The van der Waals surface area contributed by atoms with E-state index < -0.39 is 28.0 Å². The van der Waals surface area contributed by atoms with E-state index in [1.807, 2.05) is 13.8 Å². The number of anilines is 1. The fraction of sp³-hybridized carbons (Fsp3) is 0.333. The molecule has 7 nitrogen and oxygen atoms in total. The first-order valence-corrected chi connectivity index (χ1v) is 10.4. The molecular formula is C18H22N2O5S2. The number of benzene rings is 1. The summed E-state index contributed by atoms with van der Waals surface area (Å²) in [6.45, 7) is 5.16. The molecule has 0 aliphatic carbocycles.